The van der Waals surface area contributed by atoms with Gasteiger partial charge in [-0.3, -0.25) is 4.79 Å². The number of benzene rings is 1. The van der Waals surface area contributed by atoms with Crippen molar-refractivity contribution in [1.29, 1.82) is 0 Å². The second-order valence-electron chi connectivity index (χ2n) is 5.90. The van der Waals surface area contributed by atoms with Crippen LogP contribution < -0.4 is 15.5 Å². The van der Waals surface area contributed by atoms with Gasteiger partial charge >= 0.3 is 0 Å². The van der Waals surface area contributed by atoms with Gasteiger partial charge in [0.1, 0.15) is 5.82 Å². The highest BCUT2D eigenvalue weighted by atomic mass is 16.1. The van der Waals surface area contributed by atoms with E-state index in [4.69, 9.17) is 0 Å². The summed E-state index contributed by atoms with van der Waals surface area (Å²) in [5.74, 6) is 0.564. The Morgan fingerprint density at radius 2 is 1.79 bits per heavy atom. The highest BCUT2D eigenvalue weighted by Crippen LogP contribution is 2.20. The molecule has 1 aromatic heterocycles. The van der Waals surface area contributed by atoms with Crippen molar-refractivity contribution in [2.24, 2.45) is 0 Å². The van der Waals surface area contributed by atoms with E-state index in [9.17, 15) is 4.79 Å². The Balaban J connectivity index is 2.09. The summed E-state index contributed by atoms with van der Waals surface area (Å²) < 4.78 is 0. The van der Waals surface area contributed by atoms with Crippen molar-refractivity contribution in [3.63, 3.8) is 0 Å². The highest BCUT2D eigenvalue weighted by Gasteiger charge is 2.08. The maximum absolute atomic E-state index is 12.1. The van der Waals surface area contributed by atoms with Crippen LogP contribution >= 0.6 is 0 Å². The molecule has 2 rings (SSSR count). The molecule has 0 saturated heterocycles. The summed E-state index contributed by atoms with van der Waals surface area (Å²) in [4.78, 5) is 18.6. The average Bonchev–Trinajstić information content (AvgIpc) is 2.57. The minimum atomic E-state index is -0.0904. The van der Waals surface area contributed by atoms with Gasteiger partial charge in [0.05, 0.1) is 0 Å². The molecular weight excluding hydrogens is 300 g/mol. The number of aromatic nitrogens is 1. The van der Waals surface area contributed by atoms with Gasteiger partial charge in [-0.05, 0) is 64.1 Å². The van der Waals surface area contributed by atoms with Crippen LogP contribution in [0.5, 0.6) is 0 Å². The Morgan fingerprint density at radius 1 is 1.12 bits per heavy atom. The van der Waals surface area contributed by atoms with E-state index in [1.165, 1.54) is 5.69 Å². The first-order valence-corrected chi connectivity index (χ1v) is 8.42. The Kier molecular flexibility index (Phi) is 6.18. The fraction of sp³-hybridized carbons (Fsp3) is 0.368. The van der Waals surface area contributed by atoms with E-state index in [1.807, 2.05) is 26.0 Å². The van der Waals surface area contributed by atoms with Gasteiger partial charge < -0.3 is 15.5 Å². The molecule has 5 nitrogen and oxygen atoms in total. The summed E-state index contributed by atoms with van der Waals surface area (Å²) in [5, 5.41) is 6.13. The van der Waals surface area contributed by atoms with Crippen molar-refractivity contribution in [1.82, 2.24) is 10.3 Å². The second-order valence-corrected chi connectivity index (χ2v) is 5.90. The number of hydrogen-bond donors (Lipinski definition) is 2. The number of rotatable bonds is 7. The smallest absolute Gasteiger partial charge is 0.251 e. The third kappa shape index (κ3) is 4.72. The molecule has 2 N–H and O–H groups in total. The van der Waals surface area contributed by atoms with Gasteiger partial charge in [0.2, 0.25) is 0 Å². The van der Waals surface area contributed by atoms with E-state index in [1.54, 1.807) is 18.3 Å². The molecular formula is C19H26N4O. The first-order chi connectivity index (χ1) is 11.5. The molecule has 5 heteroatoms. The Hall–Kier alpha value is -2.56. The molecule has 1 amide bonds. The van der Waals surface area contributed by atoms with Crippen LogP contribution in [0.15, 0.2) is 42.6 Å². The number of hydrogen-bond acceptors (Lipinski definition) is 4. The fourth-order valence-corrected chi connectivity index (χ4v) is 2.48. The molecule has 0 atom stereocenters. The van der Waals surface area contributed by atoms with Gasteiger partial charge in [0, 0.05) is 42.3 Å². The predicted octanol–water partition coefficient (Wildman–Crippen LogP) is 3.81. The zero-order valence-corrected chi connectivity index (χ0v) is 14.8. The number of anilines is 3. The number of pyridine rings is 1. The summed E-state index contributed by atoms with van der Waals surface area (Å²) in [5.41, 5.74) is 2.74. The largest absolute Gasteiger partial charge is 0.372 e. The minimum Gasteiger partial charge on any atom is -0.372 e. The van der Waals surface area contributed by atoms with Crippen LogP contribution in [-0.2, 0) is 0 Å². The van der Waals surface area contributed by atoms with Gasteiger partial charge in [-0.25, -0.2) is 4.98 Å². The molecule has 2 aromatic rings. The maximum atomic E-state index is 12.1. The first kappa shape index (κ1) is 17.8. The number of amides is 1. The van der Waals surface area contributed by atoms with Gasteiger partial charge in [-0.15, -0.1) is 0 Å². The molecule has 0 aliphatic carbocycles. The van der Waals surface area contributed by atoms with Gasteiger partial charge in [0.15, 0.2) is 0 Å². The quantitative estimate of drug-likeness (QED) is 0.812. The van der Waals surface area contributed by atoms with Gasteiger partial charge in [-0.1, -0.05) is 0 Å². The topological polar surface area (TPSA) is 57.3 Å². The van der Waals surface area contributed by atoms with E-state index in [2.05, 4.69) is 46.5 Å². The van der Waals surface area contributed by atoms with Crippen LogP contribution in [0.4, 0.5) is 17.2 Å². The summed E-state index contributed by atoms with van der Waals surface area (Å²) in [6.45, 7) is 10.1. The first-order valence-electron chi connectivity index (χ1n) is 8.42. The lowest BCUT2D eigenvalue weighted by atomic mass is 10.2. The zero-order chi connectivity index (χ0) is 17.5. The molecule has 24 heavy (non-hydrogen) atoms. The summed E-state index contributed by atoms with van der Waals surface area (Å²) >= 11 is 0. The predicted molar refractivity (Wildman–Crippen MR) is 100 cm³/mol. The molecule has 0 saturated carbocycles. The van der Waals surface area contributed by atoms with Crippen molar-refractivity contribution in [2.75, 3.05) is 23.3 Å². The second kappa shape index (κ2) is 8.34. The number of carbonyl (C=O) groups excluding carboxylic acids is 1. The number of carbonyl (C=O) groups is 1. The van der Waals surface area contributed by atoms with Crippen LogP contribution in [-0.4, -0.2) is 30.0 Å². The van der Waals surface area contributed by atoms with Crippen molar-refractivity contribution in [3.05, 3.63) is 48.2 Å². The Bertz CT molecular complexity index is 663. The zero-order valence-electron chi connectivity index (χ0n) is 14.8. The van der Waals surface area contributed by atoms with Crippen LogP contribution in [0.2, 0.25) is 0 Å². The molecule has 0 spiro atoms. The molecule has 0 bridgehead atoms. The van der Waals surface area contributed by atoms with E-state index in [0.29, 0.717) is 11.4 Å². The molecule has 1 heterocycles. The van der Waals surface area contributed by atoms with E-state index in [0.717, 1.165) is 18.8 Å². The van der Waals surface area contributed by atoms with Crippen molar-refractivity contribution < 1.29 is 4.79 Å². The molecule has 0 aliphatic heterocycles. The lowest BCUT2D eigenvalue weighted by molar-refractivity contribution is 0.0943. The van der Waals surface area contributed by atoms with Crippen molar-refractivity contribution >= 4 is 23.1 Å². The molecule has 0 fully saturated rings. The number of nitrogens with zero attached hydrogens (tertiary/aromatic N) is 2. The fourth-order valence-electron chi connectivity index (χ4n) is 2.48. The van der Waals surface area contributed by atoms with Crippen LogP contribution in [0, 0.1) is 0 Å². The lowest BCUT2D eigenvalue weighted by Crippen LogP contribution is -2.30. The SMILES string of the molecule is CCN(CC)c1ccc(Nc2cc(C(=O)NC(C)C)ccn2)cc1. The van der Waals surface area contributed by atoms with E-state index < -0.39 is 0 Å². The maximum Gasteiger partial charge on any atom is 0.251 e. The third-order valence-electron chi connectivity index (χ3n) is 3.71. The summed E-state index contributed by atoms with van der Waals surface area (Å²) in [7, 11) is 0. The van der Waals surface area contributed by atoms with Gasteiger partial charge in [0.25, 0.3) is 5.91 Å². The Labute approximate surface area is 144 Å². The van der Waals surface area contributed by atoms with E-state index in [-0.39, 0.29) is 11.9 Å². The average molecular weight is 326 g/mol. The normalized spacial score (nSPS) is 10.5. The van der Waals surface area contributed by atoms with Crippen molar-refractivity contribution in [3.8, 4) is 0 Å². The van der Waals surface area contributed by atoms with Crippen molar-refractivity contribution in [2.45, 2.75) is 33.7 Å². The third-order valence-corrected chi connectivity index (χ3v) is 3.71. The van der Waals surface area contributed by atoms with Crippen LogP contribution in [0.1, 0.15) is 38.1 Å². The monoisotopic (exact) mass is 326 g/mol. The van der Waals surface area contributed by atoms with E-state index >= 15 is 0 Å². The van der Waals surface area contributed by atoms with Crippen LogP contribution in [0.25, 0.3) is 0 Å². The minimum absolute atomic E-state index is 0.0904. The Morgan fingerprint density at radius 3 is 2.38 bits per heavy atom. The molecule has 1 aromatic carbocycles. The lowest BCUT2D eigenvalue weighted by Gasteiger charge is -2.21. The molecule has 128 valence electrons. The highest BCUT2D eigenvalue weighted by molar-refractivity contribution is 5.95. The summed E-state index contributed by atoms with van der Waals surface area (Å²) in [6, 6.07) is 11.8. The molecule has 0 radical (unpaired) electrons. The van der Waals surface area contributed by atoms with Gasteiger partial charge in [-0.2, -0.15) is 0 Å². The summed E-state index contributed by atoms with van der Waals surface area (Å²) in [6.07, 6.45) is 1.64. The molecule has 0 unspecified atom stereocenters. The standard InChI is InChI=1S/C19H26N4O/c1-5-23(6-2)17-9-7-16(8-10-17)22-18-13-15(11-12-20-18)19(24)21-14(3)4/h7-14H,5-6H2,1-4H3,(H,20,22)(H,21,24). The molecule has 0 aliphatic rings. The number of nitrogens with one attached hydrogen (secondary N) is 2. The van der Waals surface area contributed by atoms with Crippen LogP contribution in [0.3, 0.4) is 0 Å².